The van der Waals surface area contributed by atoms with Crippen LogP contribution < -0.4 is 10.7 Å². The number of hydrazine groups is 1. The molecule has 8 heteroatoms. The van der Waals surface area contributed by atoms with Crippen molar-refractivity contribution in [3.8, 4) is 5.75 Å². The van der Waals surface area contributed by atoms with Crippen LogP contribution in [0.5, 0.6) is 5.75 Å². The van der Waals surface area contributed by atoms with Gasteiger partial charge in [-0.15, -0.1) is 0 Å². The van der Waals surface area contributed by atoms with E-state index in [0.29, 0.717) is 28.8 Å². The van der Waals surface area contributed by atoms with Crippen molar-refractivity contribution in [3.05, 3.63) is 107 Å². The van der Waals surface area contributed by atoms with Gasteiger partial charge in [0.2, 0.25) is 11.8 Å². The summed E-state index contributed by atoms with van der Waals surface area (Å²) in [5.41, 5.74) is 5.98. The predicted octanol–water partition coefficient (Wildman–Crippen LogP) is 4.28. The highest BCUT2D eigenvalue weighted by molar-refractivity contribution is 6.13. The Kier molecular flexibility index (Phi) is 5.87. The molecule has 0 spiro atoms. The third kappa shape index (κ3) is 3.54. The summed E-state index contributed by atoms with van der Waals surface area (Å²) in [5, 5.41) is 15.1. The summed E-state index contributed by atoms with van der Waals surface area (Å²) in [5.74, 6) is -4.59. The van der Waals surface area contributed by atoms with Crippen LogP contribution in [0, 0.1) is 37.5 Å². The number of para-hydroxylation sites is 1. The molecular weight excluding hydrogens is 530 g/mol. The number of phenols is 1. The van der Waals surface area contributed by atoms with Crippen LogP contribution in [0.3, 0.4) is 0 Å². The van der Waals surface area contributed by atoms with Crippen molar-refractivity contribution >= 4 is 29.3 Å². The highest BCUT2D eigenvalue weighted by Crippen LogP contribution is 2.64. The van der Waals surface area contributed by atoms with Crippen molar-refractivity contribution in [2.45, 2.75) is 38.0 Å². The first-order valence-electron chi connectivity index (χ1n) is 14.3. The summed E-state index contributed by atoms with van der Waals surface area (Å²) in [4.78, 5) is 55.3. The number of benzene rings is 3. The summed E-state index contributed by atoms with van der Waals surface area (Å²) in [7, 11) is 0. The van der Waals surface area contributed by atoms with Crippen LogP contribution in [0.1, 0.15) is 41.0 Å². The molecule has 6 atom stereocenters. The molecule has 0 radical (unpaired) electrons. The second-order valence-electron chi connectivity index (χ2n) is 12.0. The Hall–Kier alpha value is -4.72. The Morgan fingerprint density at radius 2 is 1.62 bits per heavy atom. The second kappa shape index (κ2) is 9.41. The molecule has 3 aromatic carbocycles. The van der Waals surface area contributed by atoms with Crippen LogP contribution in [0.15, 0.2) is 84.4 Å². The third-order valence-corrected chi connectivity index (χ3v) is 9.82. The number of aryl methyl sites for hydroxylation is 2. The predicted molar refractivity (Wildman–Crippen MR) is 155 cm³/mol. The quantitative estimate of drug-likeness (QED) is 0.324. The molecule has 2 saturated heterocycles. The Bertz CT molecular complexity index is 1680. The standard InChI is InChI=1S/C34H31N3O5/c1-18-11-13-21(14-12-18)36-37-32(41)26-17-25-22(15-16-23-27(25)31(40)35-30(23)39)28(24-10-6-7-19(2)29(24)38)34(26,33(37)42)20-8-4-3-5-9-20/h3-15,23,25-28,36,38H,16-17H2,1-2H3,(H,35,39,40)/t23-,25+,26-,27-,28+,34+/m0/s1. The first kappa shape index (κ1) is 26.2. The van der Waals surface area contributed by atoms with E-state index >= 15 is 0 Å². The lowest BCUT2D eigenvalue weighted by atomic mass is 9.49. The van der Waals surface area contributed by atoms with Gasteiger partial charge >= 0.3 is 0 Å². The zero-order chi connectivity index (χ0) is 29.3. The summed E-state index contributed by atoms with van der Waals surface area (Å²) in [6.45, 7) is 3.76. The minimum Gasteiger partial charge on any atom is -0.507 e. The van der Waals surface area contributed by atoms with Crippen molar-refractivity contribution < 1.29 is 24.3 Å². The average molecular weight is 562 g/mol. The van der Waals surface area contributed by atoms with Gasteiger partial charge in [0.1, 0.15) is 5.75 Å². The van der Waals surface area contributed by atoms with Crippen LogP contribution in [-0.4, -0.2) is 33.7 Å². The zero-order valence-corrected chi connectivity index (χ0v) is 23.3. The van der Waals surface area contributed by atoms with E-state index in [1.165, 1.54) is 0 Å². The lowest BCUT2D eigenvalue weighted by Crippen LogP contribution is -2.53. The molecule has 2 heterocycles. The van der Waals surface area contributed by atoms with Crippen molar-refractivity contribution in [1.82, 2.24) is 10.3 Å². The summed E-state index contributed by atoms with van der Waals surface area (Å²) in [6.07, 6.45) is 2.55. The van der Waals surface area contributed by atoms with Crippen molar-refractivity contribution in [2.75, 3.05) is 5.43 Å². The number of hydrogen-bond acceptors (Lipinski definition) is 6. The number of rotatable bonds is 4. The Balaban J connectivity index is 1.48. The molecule has 3 fully saturated rings. The highest BCUT2D eigenvalue weighted by atomic mass is 16.3. The lowest BCUT2D eigenvalue weighted by molar-refractivity contribution is -0.138. The van der Waals surface area contributed by atoms with Crippen molar-refractivity contribution in [1.29, 1.82) is 0 Å². The molecule has 42 heavy (non-hydrogen) atoms. The van der Waals surface area contributed by atoms with E-state index in [4.69, 9.17) is 0 Å². The monoisotopic (exact) mass is 561 g/mol. The van der Waals surface area contributed by atoms with Gasteiger partial charge < -0.3 is 5.11 Å². The van der Waals surface area contributed by atoms with E-state index < -0.39 is 46.8 Å². The molecule has 3 N–H and O–H groups in total. The van der Waals surface area contributed by atoms with E-state index in [0.717, 1.165) is 16.1 Å². The summed E-state index contributed by atoms with van der Waals surface area (Å²) in [6, 6.07) is 22.2. The minimum atomic E-state index is -1.39. The number of amides is 4. The number of imide groups is 2. The van der Waals surface area contributed by atoms with Gasteiger partial charge in [-0.3, -0.25) is 29.9 Å². The molecule has 2 aliphatic carbocycles. The third-order valence-electron chi connectivity index (χ3n) is 9.82. The molecule has 0 aromatic heterocycles. The SMILES string of the molecule is Cc1ccc(NN2C(=O)[C@@H]3C[C@@H]4C(=CC[C@@H]5C(=O)NC(=O)[C@@H]54)[C@H](c4cccc(C)c4O)[C@]3(c3ccccc3)C2=O)cc1. The van der Waals surface area contributed by atoms with Crippen LogP contribution in [0.2, 0.25) is 0 Å². The van der Waals surface area contributed by atoms with Gasteiger partial charge in [0.25, 0.3) is 11.8 Å². The van der Waals surface area contributed by atoms with Crippen LogP contribution in [0.25, 0.3) is 0 Å². The van der Waals surface area contributed by atoms with Gasteiger partial charge in [0.05, 0.1) is 28.9 Å². The van der Waals surface area contributed by atoms with E-state index in [1.807, 2.05) is 73.7 Å². The van der Waals surface area contributed by atoms with E-state index in [2.05, 4.69) is 10.7 Å². The number of nitrogens with one attached hydrogen (secondary N) is 2. The number of phenolic OH excluding ortho intramolecular Hbond substituents is 1. The first-order valence-corrected chi connectivity index (χ1v) is 14.3. The van der Waals surface area contributed by atoms with Gasteiger partial charge in [-0.1, -0.05) is 77.9 Å². The normalized spacial score (nSPS) is 29.9. The molecule has 8 nitrogen and oxygen atoms in total. The van der Waals surface area contributed by atoms with Crippen LogP contribution >= 0.6 is 0 Å². The molecule has 0 bridgehead atoms. The summed E-state index contributed by atoms with van der Waals surface area (Å²) < 4.78 is 0. The molecule has 4 amide bonds. The number of carbonyl (C=O) groups excluding carboxylic acids is 4. The zero-order valence-electron chi connectivity index (χ0n) is 23.3. The van der Waals surface area contributed by atoms with E-state index in [-0.39, 0.29) is 24.0 Å². The highest BCUT2D eigenvalue weighted by Gasteiger charge is 2.70. The fourth-order valence-electron chi connectivity index (χ4n) is 7.92. The largest absolute Gasteiger partial charge is 0.507 e. The van der Waals surface area contributed by atoms with Crippen molar-refractivity contribution in [3.63, 3.8) is 0 Å². The Morgan fingerprint density at radius 3 is 2.36 bits per heavy atom. The second-order valence-corrected chi connectivity index (χ2v) is 12.0. The van der Waals surface area contributed by atoms with Crippen LogP contribution in [0.4, 0.5) is 5.69 Å². The maximum Gasteiger partial charge on any atom is 0.260 e. The van der Waals surface area contributed by atoms with E-state index in [1.54, 1.807) is 19.1 Å². The molecule has 2 aliphatic heterocycles. The molecule has 3 aromatic rings. The minimum absolute atomic E-state index is 0.0531. The van der Waals surface area contributed by atoms with E-state index in [9.17, 15) is 24.3 Å². The number of nitrogens with zero attached hydrogens (tertiary/aromatic N) is 1. The van der Waals surface area contributed by atoms with Gasteiger partial charge in [-0.2, -0.15) is 5.01 Å². The maximum absolute atomic E-state index is 14.9. The summed E-state index contributed by atoms with van der Waals surface area (Å²) >= 11 is 0. The molecule has 1 saturated carbocycles. The number of allylic oxidation sites excluding steroid dienone is 2. The fraction of sp³-hybridized carbons (Fsp3) is 0.294. The first-order chi connectivity index (χ1) is 20.2. The number of carbonyl (C=O) groups is 4. The molecule has 212 valence electrons. The molecule has 7 rings (SSSR count). The maximum atomic E-state index is 14.9. The number of fused-ring (bicyclic) bond motifs is 4. The molecule has 4 aliphatic rings. The van der Waals surface area contributed by atoms with Gasteiger partial charge in [0.15, 0.2) is 0 Å². The Morgan fingerprint density at radius 1 is 0.881 bits per heavy atom. The number of anilines is 1. The smallest absolute Gasteiger partial charge is 0.260 e. The Labute approximate surface area is 243 Å². The number of aromatic hydroxyl groups is 1. The lowest BCUT2D eigenvalue weighted by Gasteiger charge is -2.50. The van der Waals surface area contributed by atoms with Gasteiger partial charge in [-0.25, -0.2) is 0 Å². The van der Waals surface area contributed by atoms with Crippen molar-refractivity contribution in [2.24, 2.45) is 23.7 Å². The fourth-order valence-corrected chi connectivity index (χ4v) is 7.92. The van der Waals surface area contributed by atoms with Gasteiger partial charge in [0, 0.05) is 11.5 Å². The topological polar surface area (TPSA) is 116 Å². The van der Waals surface area contributed by atoms with Crippen LogP contribution in [-0.2, 0) is 24.6 Å². The molecular formula is C34H31N3O5. The molecule has 0 unspecified atom stereocenters. The van der Waals surface area contributed by atoms with Gasteiger partial charge in [-0.05, 0) is 55.9 Å². The average Bonchev–Trinajstić information content (AvgIpc) is 3.40. The number of hydrogen-bond donors (Lipinski definition) is 3.